The van der Waals surface area contributed by atoms with Gasteiger partial charge in [-0.1, -0.05) is 50.6 Å². The molecule has 0 radical (unpaired) electrons. The fourth-order valence-corrected chi connectivity index (χ4v) is 7.27. The number of rotatable bonds is 12. The van der Waals surface area contributed by atoms with Gasteiger partial charge in [-0.25, -0.2) is 0 Å². The Morgan fingerprint density at radius 3 is 2.33 bits per heavy atom. The quantitative estimate of drug-likeness (QED) is 0.399. The molecule has 1 N–H and O–H groups in total. The first-order valence-electron chi connectivity index (χ1n) is 14.5. The molecule has 3 aliphatic rings. The average molecular weight is 552 g/mol. The van der Waals surface area contributed by atoms with Crippen LogP contribution in [0.1, 0.15) is 53.9 Å². The number of aliphatic hydroxyl groups excluding tert-OH is 1. The van der Waals surface area contributed by atoms with Crippen molar-refractivity contribution >= 4 is 23.4 Å². The predicted octanol–water partition coefficient (Wildman–Crippen LogP) is 3.80. The minimum absolute atomic E-state index is 0.0603. The Hall–Kier alpha value is -2.97. The molecule has 3 fully saturated rings. The molecule has 4 rings (SSSR count). The van der Waals surface area contributed by atoms with Crippen LogP contribution >= 0.6 is 0 Å². The molecule has 40 heavy (non-hydrogen) atoms. The van der Waals surface area contributed by atoms with E-state index in [1.165, 1.54) is 0 Å². The molecule has 3 heterocycles. The van der Waals surface area contributed by atoms with Crippen molar-refractivity contribution in [2.45, 2.75) is 83.2 Å². The van der Waals surface area contributed by atoms with Crippen molar-refractivity contribution in [3.8, 4) is 0 Å². The number of para-hydroxylation sites is 1. The largest absolute Gasteiger partial charge is 0.394 e. The van der Waals surface area contributed by atoms with Crippen LogP contribution in [0.5, 0.6) is 0 Å². The standard InChI is InChI=1S/C32H45N3O5/c1-8-18-33(21(4)5)30(39)27-32-17-16-31(7,40-32)25(26(32)29(38)35(27)24(20-36)22(6)10-3)28(37)34(19-9-2)23-14-12-11-13-15-23/h8-9,11-15,21-22,24-27,36H,1-2,10,16-20H2,3-7H3/t22-,24-,25-,26-,27?,31+,32?/m0/s1. The Morgan fingerprint density at radius 1 is 1.12 bits per heavy atom. The monoisotopic (exact) mass is 551 g/mol. The molecule has 3 saturated heterocycles. The molecular formula is C32H45N3O5. The molecule has 1 spiro atoms. The molecule has 1 aromatic rings. The molecular weight excluding hydrogens is 506 g/mol. The van der Waals surface area contributed by atoms with Gasteiger partial charge in [-0.05, 0) is 51.7 Å². The van der Waals surface area contributed by atoms with Crippen LogP contribution in [0.25, 0.3) is 0 Å². The SMILES string of the molecule is C=CCN(C(=O)[C@@H]1[C@H]2C(=O)N([C@@H](CO)[C@@H](C)CC)C(C(=O)N(CC=C)C(C)C)C23CC[C@@]1(C)O3)c1ccccc1. The van der Waals surface area contributed by atoms with Crippen molar-refractivity contribution in [3.63, 3.8) is 0 Å². The van der Waals surface area contributed by atoms with Crippen LogP contribution in [0, 0.1) is 17.8 Å². The minimum Gasteiger partial charge on any atom is -0.394 e. The number of hydrogen-bond donors (Lipinski definition) is 1. The van der Waals surface area contributed by atoms with Gasteiger partial charge in [0, 0.05) is 24.8 Å². The molecule has 8 heteroatoms. The van der Waals surface area contributed by atoms with Gasteiger partial charge < -0.3 is 24.5 Å². The van der Waals surface area contributed by atoms with Crippen LogP contribution in [-0.4, -0.2) is 81.7 Å². The second-order valence-corrected chi connectivity index (χ2v) is 12.1. The van der Waals surface area contributed by atoms with E-state index in [0.717, 1.165) is 6.42 Å². The van der Waals surface area contributed by atoms with Crippen molar-refractivity contribution in [2.24, 2.45) is 17.8 Å². The predicted molar refractivity (Wildman–Crippen MR) is 155 cm³/mol. The van der Waals surface area contributed by atoms with Gasteiger partial charge in [0.15, 0.2) is 0 Å². The Labute approximate surface area is 238 Å². The number of carbonyl (C=O) groups is 3. The van der Waals surface area contributed by atoms with Crippen molar-refractivity contribution in [1.29, 1.82) is 0 Å². The van der Waals surface area contributed by atoms with Gasteiger partial charge in [-0.2, -0.15) is 0 Å². The number of fused-ring (bicyclic) bond motifs is 1. The van der Waals surface area contributed by atoms with E-state index in [2.05, 4.69) is 13.2 Å². The second-order valence-electron chi connectivity index (χ2n) is 12.1. The maximum atomic E-state index is 14.6. The van der Waals surface area contributed by atoms with E-state index in [9.17, 15) is 19.5 Å². The van der Waals surface area contributed by atoms with Gasteiger partial charge in [0.1, 0.15) is 11.6 Å². The highest BCUT2D eigenvalue weighted by atomic mass is 16.5. The summed E-state index contributed by atoms with van der Waals surface area (Å²) >= 11 is 0. The summed E-state index contributed by atoms with van der Waals surface area (Å²) in [4.78, 5) is 48.4. The third kappa shape index (κ3) is 4.59. The van der Waals surface area contributed by atoms with Gasteiger partial charge >= 0.3 is 0 Å². The lowest BCUT2D eigenvalue weighted by atomic mass is 9.66. The van der Waals surface area contributed by atoms with E-state index in [-0.39, 0.29) is 42.8 Å². The first-order valence-corrected chi connectivity index (χ1v) is 14.5. The molecule has 0 aromatic heterocycles. The summed E-state index contributed by atoms with van der Waals surface area (Å²) in [6.45, 7) is 17.8. The Morgan fingerprint density at radius 2 is 1.77 bits per heavy atom. The highest BCUT2D eigenvalue weighted by Gasteiger charge is 2.79. The molecule has 3 aliphatic heterocycles. The number of nitrogens with zero attached hydrogens (tertiary/aromatic N) is 3. The van der Waals surface area contributed by atoms with Crippen LogP contribution in [0.15, 0.2) is 55.6 Å². The smallest absolute Gasteiger partial charge is 0.248 e. The number of benzene rings is 1. The second kappa shape index (κ2) is 11.5. The van der Waals surface area contributed by atoms with Gasteiger partial charge in [0.05, 0.1) is 30.1 Å². The zero-order chi connectivity index (χ0) is 29.4. The molecule has 7 atom stereocenters. The maximum absolute atomic E-state index is 14.6. The highest BCUT2D eigenvalue weighted by Crippen LogP contribution is 2.64. The molecule has 3 amide bonds. The Balaban J connectivity index is 1.86. The number of carbonyl (C=O) groups excluding carboxylic acids is 3. The molecule has 218 valence electrons. The summed E-state index contributed by atoms with van der Waals surface area (Å²) in [5.74, 6) is -2.39. The summed E-state index contributed by atoms with van der Waals surface area (Å²) in [6, 6.07) is 7.70. The molecule has 0 aliphatic carbocycles. The fourth-order valence-electron chi connectivity index (χ4n) is 7.27. The summed E-state index contributed by atoms with van der Waals surface area (Å²) in [7, 11) is 0. The maximum Gasteiger partial charge on any atom is 0.248 e. The van der Waals surface area contributed by atoms with E-state index >= 15 is 0 Å². The average Bonchev–Trinajstić information content (AvgIpc) is 3.51. The number of aliphatic hydroxyl groups is 1. The highest BCUT2D eigenvalue weighted by molar-refractivity contribution is 6.03. The lowest BCUT2D eigenvalue weighted by molar-refractivity contribution is -0.157. The van der Waals surface area contributed by atoms with Crippen molar-refractivity contribution in [2.75, 3.05) is 24.6 Å². The van der Waals surface area contributed by atoms with Crippen molar-refractivity contribution in [3.05, 3.63) is 55.6 Å². The first kappa shape index (κ1) is 30.0. The van der Waals surface area contributed by atoms with Crippen molar-refractivity contribution in [1.82, 2.24) is 9.80 Å². The van der Waals surface area contributed by atoms with Gasteiger partial charge in [-0.15, -0.1) is 13.2 Å². The molecule has 8 nitrogen and oxygen atoms in total. The van der Waals surface area contributed by atoms with Crippen LogP contribution in [0.4, 0.5) is 5.69 Å². The number of hydrogen-bond acceptors (Lipinski definition) is 5. The fraction of sp³-hybridized carbons (Fsp3) is 0.594. The van der Waals surface area contributed by atoms with Gasteiger partial charge in [-0.3, -0.25) is 14.4 Å². The van der Waals surface area contributed by atoms with Crippen LogP contribution in [-0.2, 0) is 19.1 Å². The lowest BCUT2D eigenvalue weighted by Crippen LogP contribution is -2.60. The molecule has 2 bridgehead atoms. The summed E-state index contributed by atoms with van der Waals surface area (Å²) in [5.41, 5.74) is -1.34. The Kier molecular flexibility index (Phi) is 8.62. The van der Waals surface area contributed by atoms with Gasteiger partial charge in [0.2, 0.25) is 17.7 Å². The zero-order valence-electron chi connectivity index (χ0n) is 24.6. The van der Waals surface area contributed by atoms with Crippen LogP contribution in [0.3, 0.4) is 0 Å². The van der Waals surface area contributed by atoms with E-state index in [4.69, 9.17) is 4.74 Å². The van der Waals surface area contributed by atoms with Gasteiger partial charge in [0.25, 0.3) is 0 Å². The molecule has 2 unspecified atom stereocenters. The molecule has 1 aromatic carbocycles. The van der Waals surface area contributed by atoms with E-state index in [1.807, 2.05) is 65.0 Å². The van der Waals surface area contributed by atoms with E-state index < -0.39 is 35.1 Å². The number of amides is 3. The molecule has 0 saturated carbocycles. The van der Waals surface area contributed by atoms with E-state index in [0.29, 0.717) is 25.1 Å². The summed E-state index contributed by atoms with van der Waals surface area (Å²) < 4.78 is 6.83. The van der Waals surface area contributed by atoms with E-state index in [1.54, 1.807) is 26.9 Å². The Bertz CT molecular complexity index is 1140. The third-order valence-electron chi connectivity index (χ3n) is 9.44. The number of likely N-dealkylation sites (tertiary alicyclic amines) is 1. The first-order chi connectivity index (χ1) is 19.0. The normalized spacial score (nSPS) is 30.2. The topological polar surface area (TPSA) is 90.4 Å². The van der Waals surface area contributed by atoms with Crippen LogP contribution < -0.4 is 4.90 Å². The third-order valence-corrected chi connectivity index (χ3v) is 9.44. The minimum atomic E-state index is -1.16. The summed E-state index contributed by atoms with van der Waals surface area (Å²) in [6.07, 6.45) is 5.11. The zero-order valence-corrected chi connectivity index (χ0v) is 24.6. The number of ether oxygens (including phenoxy) is 1. The summed E-state index contributed by atoms with van der Waals surface area (Å²) in [5, 5.41) is 10.6. The van der Waals surface area contributed by atoms with Crippen molar-refractivity contribution < 1.29 is 24.2 Å². The van der Waals surface area contributed by atoms with Crippen LogP contribution in [0.2, 0.25) is 0 Å². The number of anilines is 1. The lowest BCUT2D eigenvalue weighted by Gasteiger charge is -2.42.